The lowest BCUT2D eigenvalue weighted by Crippen LogP contribution is -2.34. The van der Waals surface area contributed by atoms with Gasteiger partial charge in [0.25, 0.3) is 7.82 Å². The first-order chi connectivity index (χ1) is 13.5. The first kappa shape index (κ1) is 25.2. The zero-order chi connectivity index (χ0) is 23.1. The van der Waals surface area contributed by atoms with Gasteiger partial charge in [0.05, 0.1) is 12.7 Å². The number of ether oxygens (including phenoxy) is 1. The van der Waals surface area contributed by atoms with Crippen molar-refractivity contribution in [3.63, 3.8) is 0 Å². The minimum atomic E-state index is -7.06. The van der Waals surface area contributed by atoms with Crippen molar-refractivity contribution in [1.29, 1.82) is 0 Å². The van der Waals surface area contributed by atoms with E-state index >= 15 is 0 Å². The molecule has 0 bridgehead atoms. The van der Waals surface area contributed by atoms with Crippen LogP contribution in [0.15, 0.2) is 17.1 Å². The van der Waals surface area contributed by atoms with E-state index in [0.29, 0.717) is 0 Å². The lowest BCUT2D eigenvalue weighted by Gasteiger charge is -2.40. The number of alkyl halides is 2. The number of rotatable bonds is 8. The minimum Gasteiger partial charge on any atom is -0.774 e. The Hall–Kier alpha value is -1.09. The Morgan fingerprint density at radius 3 is 2.47 bits per heavy atom. The molecule has 1 aliphatic rings. The number of hydrogen-bond acceptors (Lipinski definition) is 13. The largest absolute Gasteiger partial charge is 0.774 e. The number of anilines is 1. The van der Waals surface area contributed by atoms with E-state index in [0.717, 1.165) is 10.8 Å². The predicted molar refractivity (Wildman–Crippen MR) is 84.5 cm³/mol. The molecule has 1 aromatic heterocycles. The summed E-state index contributed by atoms with van der Waals surface area (Å²) in [5.41, 5.74) is 4.41. The van der Waals surface area contributed by atoms with Crippen molar-refractivity contribution in [3.05, 3.63) is 22.7 Å². The fraction of sp³-hybridized carbons (Fsp3) is 0.600. The van der Waals surface area contributed by atoms with Gasteiger partial charge in [-0.25, -0.2) is 4.79 Å². The average Bonchev–Trinajstić information content (AvgIpc) is 2.91. The molecule has 0 radical (unpaired) electrons. The van der Waals surface area contributed by atoms with E-state index in [9.17, 15) is 47.1 Å². The van der Waals surface area contributed by atoms with Crippen molar-refractivity contribution in [1.82, 2.24) is 9.55 Å². The zero-order valence-corrected chi connectivity index (χ0v) is 17.0. The van der Waals surface area contributed by atoms with Gasteiger partial charge in [0.15, 0.2) is 0 Å². The van der Waals surface area contributed by atoms with Crippen LogP contribution in [0.3, 0.4) is 0 Å². The summed E-state index contributed by atoms with van der Waals surface area (Å²) in [6.45, 7) is -1.33. The van der Waals surface area contributed by atoms with Crippen LogP contribution in [-0.4, -0.2) is 43.8 Å². The SMILES string of the molecule is Nc1ccn([C@H]2C[C@H](O)[C@@H](COP(=O)([O-])C(F)(F)P(=O)([O-])OP(=O)([O-])O)O2)c(=O)n1. The molecule has 1 aliphatic heterocycles. The number of nitrogen functional groups attached to an aromatic ring is 1. The first-order valence-corrected chi connectivity index (χ1v) is 12.1. The van der Waals surface area contributed by atoms with E-state index in [4.69, 9.17) is 15.4 Å². The zero-order valence-electron chi connectivity index (χ0n) is 14.3. The van der Waals surface area contributed by atoms with Gasteiger partial charge in [-0.1, -0.05) is 0 Å². The molecule has 0 spiro atoms. The third-order valence-electron chi connectivity index (χ3n) is 3.64. The highest BCUT2D eigenvalue weighted by Crippen LogP contribution is 2.74. The van der Waals surface area contributed by atoms with E-state index in [1.165, 1.54) is 6.07 Å². The molecule has 172 valence electrons. The molecule has 0 saturated carbocycles. The van der Waals surface area contributed by atoms with Crippen LogP contribution in [0.25, 0.3) is 0 Å². The maximum absolute atomic E-state index is 13.8. The smallest absolute Gasteiger partial charge is 0.369 e. The number of nitrogens with zero attached hydrogens (tertiary/aromatic N) is 2. The quantitative estimate of drug-likeness (QED) is 0.317. The van der Waals surface area contributed by atoms with Gasteiger partial charge in [-0.15, -0.1) is 0 Å². The van der Waals surface area contributed by atoms with E-state index in [-0.39, 0.29) is 12.2 Å². The number of aromatic nitrogens is 2. The fourth-order valence-electron chi connectivity index (χ4n) is 2.27. The lowest BCUT2D eigenvalue weighted by molar-refractivity contribution is -0.245. The van der Waals surface area contributed by atoms with E-state index < -0.39 is 59.2 Å². The summed E-state index contributed by atoms with van der Waals surface area (Å²) in [4.78, 5) is 56.6. The van der Waals surface area contributed by atoms with Crippen LogP contribution in [0.2, 0.25) is 0 Å². The van der Waals surface area contributed by atoms with Crippen LogP contribution in [0.4, 0.5) is 14.6 Å². The molecule has 30 heavy (non-hydrogen) atoms. The molecule has 2 rings (SSSR count). The highest BCUT2D eigenvalue weighted by atomic mass is 31.3. The highest BCUT2D eigenvalue weighted by Gasteiger charge is 2.55. The van der Waals surface area contributed by atoms with E-state index in [1.807, 2.05) is 0 Å². The second-order valence-electron chi connectivity index (χ2n) is 5.82. The molecule has 1 fully saturated rings. The molecule has 0 aromatic carbocycles. The van der Waals surface area contributed by atoms with Crippen molar-refractivity contribution in [3.8, 4) is 0 Å². The summed E-state index contributed by atoms with van der Waals surface area (Å²) in [5, 5.41) is 3.98. The van der Waals surface area contributed by atoms with Crippen LogP contribution in [-0.2, 0) is 27.3 Å². The number of halogens is 2. The van der Waals surface area contributed by atoms with Crippen LogP contribution >= 0.6 is 23.0 Å². The van der Waals surface area contributed by atoms with Crippen LogP contribution in [0, 0.1) is 0 Å². The van der Waals surface area contributed by atoms with Gasteiger partial charge < -0.3 is 48.8 Å². The molecular formula is C10H13F2N3O12P3-3. The molecule has 1 aromatic rings. The van der Waals surface area contributed by atoms with Gasteiger partial charge in [-0.3, -0.25) is 13.4 Å². The molecule has 6 atom stereocenters. The lowest BCUT2D eigenvalue weighted by atomic mass is 10.2. The second kappa shape index (κ2) is 8.45. The van der Waals surface area contributed by atoms with Crippen molar-refractivity contribution >= 4 is 28.8 Å². The summed E-state index contributed by atoms with van der Waals surface area (Å²) in [6.07, 6.45) is -3.56. The molecular weight excluding hydrogens is 485 g/mol. The van der Waals surface area contributed by atoms with Gasteiger partial charge in [-0.05, 0) is 6.07 Å². The second-order valence-corrected chi connectivity index (χ2v) is 11.1. The number of hydrogen-bond donors (Lipinski definition) is 3. The maximum Gasteiger partial charge on any atom is 0.369 e. The Kier molecular flexibility index (Phi) is 7.09. The van der Waals surface area contributed by atoms with Crippen molar-refractivity contribution in [2.24, 2.45) is 0 Å². The van der Waals surface area contributed by atoms with Crippen molar-refractivity contribution in [2.45, 2.75) is 30.3 Å². The third kappa shape index (κ3) is 5.39. The Labute approximate surface area is 165 Å². The van der Waals surface area contributed by atoms with Gasteiger partial charge in [0.2, 0.25) is 15.2 Å². The molecule has 20 heteroatoms. The summed E-state index contributed by atoms with van der Waals surface area (Å²) >= 11 is 0. The fourth-order valence-corrected chi connectivity index (χ4v) is 5.95. The van der Waals surface area contributed by atoms with Crippen molar-refractivity contribution < 1.29 is 60.7 Å². The van der Waals surface area contributed by atoms with Gasteiger partial charge >= 0.3 is 11.1 Å². The van der Waals surface area contributed by atoms with Gasteiger partial charge in [0, 0.05) is 12.6 Å². The Bertz CT molecular complexity index is 998. The summed E-state index contributed by atoms with van der Waals surface area (Å²) in [7, 11) is -20.1. The minimum absolute atomic E-state index is 0.126. The van der Waals surface area contributed by atoms with Crippen LogP contribution < -0.4 is 26.1 Å². The topological polar surface area (TPSA) is 249 Å². The van der Waals surface area contributed by atoms with Crippen LogP contribution in [0.5, 0.6) is 0 Å². The Morgan fingerprint density at radius 2 is 1.93 bits per heavy atom. The number of nitrogens with two attached hydrogens (primary N) is 1. The van der Waals surface area contributed by atoms with Gasteiger partial charge in [0.1, 0.15) is 18.1 Å². The Balaban J connectivity index is 2.11. The number of aliphatic hydroxyl groups is 1. The molecule has 15 nitrogen and oxygen atoms in total. The summed E-state index contributed by atoms with van der Waals surface area (Å²) < 4.78 is 73.4. The monoisotopic (exact) mass is 498 g/mol. The van der Waals surface area contributed by atoms with Gasteiger partial charge in [-0.2, -0.15) is 13.8 Å². The number of aliphatic hydroxyl groups excluding tert-OH is 1. The number of phosphoric acid groups is 1. The molecule has 2 heterocycles. The third-order valence-corrected chi connectivity index (χ3v) is 8.61. The van der Waals surface area contributed by atoms with Crippen molar-refractivity contribution in [2.75, 3.05) is 12.3 Å². The Morgan fingerprint density at radius 1 is 1.33 bits per heavy atom. The van der Waals surface area contributed by atoms with E-state index in [1.54, 1.807) is 0 Å². The molecule has 4 N–H and O–H groups in total. The standard InChI is InChI=1S/C10H16F2N3O12P3/c11-10(12,29(20,21)27-30(22,23)24)28(18,19)25-4-6-5(16)3-8(26-6)15-2-1-7(13)14-9(15)17/h1-2,5-6,8,16H,3-4H2,(H,18,19)(H,20,21)(H2,13,14,17)(H2,22,23,24)/p-3/t5-,6+,8+/m0/s1. The van der Waals surface area contributed by atoms with E-state index in [2.05, 4.69) is 13.8 Å². The summed E-state index contributed by atoms with van der Waals surface area (Å²) in [6, 6.07) is 1.20. The first-order valence-electron chi connectivity index (χ1n) is 7.55. The normalized spacial score (nSPS) is 28.4. The average molecular weight is 498 g/mol. The van der Waals surface area contributed by atoms with Crippen LogP contribution in [0.1, 0.15) is 12.6 Å². The highest BCUT2D eigenvalue weighted by molar-refractivity contribution is 7.74. The molecule has 3 unspecified atom stereocenters. The summed E-state index contributed by atoms with van der Waals surface area (Å²) in [5.74, 6) is -0.126. The maximum atomic E-state index is 13.8. The molecule has 0 amide bonds. The predicted octanol–water partition coefficient (Wildman–Crippen LogP) is -2.38. The molecule has 0 aliphatic carbocycles. The molecule has 1 saturated heterocycles.